The van der Waals surface area contributed by atoms with Crippen molar-refractivity contribution in [1.29, 1.82) is 0 Å². The van der Waals surface area contributed by atoms with Crippen LogP contribution in [-0.4, -0.2) is 62.7 Å². The minimum absolute atomic E-state index is 0.0526. The largest absolute Gasteiger partial charge is 0.496 e. The second-order valence-electron chi connectivity index (χ2n) is 8.33. The van der Waals surface area contributed by atoms with Gasteiger partial charge < -0.3 is 15.0 Å². The first-order chi connectivity index (χ1) is 15.9. The molecule has 2 amide bonds. The van der Waals surface area contributed by atoms with Crippen molar-refractivity contribution < 1.29 is 22.7 Å². The molecule has 2 aromatic rings. The maximum Gasteiger partial charge on any atom is 0.259 e. The first-order valence-electron chi connectivity index (χ1n) is 11.3. The number of benzene rings is 2. The molecule has 2 aliphatic rings. The molecule has 1 N–H and O–H groups in total. The second kappa shape index (κ2) is 9.93. The Bertz CT molecular complexity index is 1140. The second-order valence-corrected chi connectivity index (χ2v) is 10.3. The Kier molecular flexibility index (Phi) is 6.99. The predicted molar refractivity (Wildman–Crippen MR) is 125 cm³/mol. The number of para-hydroxylation sites is 1. The highest BCUT2D eigenvalue weighted by Crippen LogP contribution is 2.28. The molecule has 4 rings (SSSR count). The molecule has 0 unspecified atom stereocenters. The molecule has 2 saturated heterocycles. The predicted octanol–water partition coefficient (Wildman–Crippen LogP) is 3.36. The molecule has 0 aromatic heterocycles. The number of hydrogen-bond donors (Lipinski definition) is 1. The molecular weight excluding hydrogens is 442 g/mol. The van der Waals surface area contributed by atoms with Crippen molar-refractivity contribution in [3.8, 4) is 5.75 Å². The lowest BCUT2D eigenvalue weighted by Crippen LogP contribution is -2.35. The topological polar surface area (TPSA) is 96.0 Å². The summed E-state index contributed by atoms with van der Waals surface area (Å²) in [5.74, 6) is -0.408. The first kappa shape index (κ1) is 23.3. The molecule has 2 fully saturated rings. The van der Waals surface area contributed by atoms with Crippen LogP contribution < -0.4 is 10.1 Å². The number of carbonyl (C=O) groups excluding carboxylic acids is 2. The zero-order chi connectivity index (χ0) is 23.4. The van der Waals surface area contributed by atoms with Gasteiger partial charge in [-0.3, -0.25) is 9.59 Å². The fraction of sp³-hybridized carbons (Fsp3) is 0.417. The third-order valence-electron chi connectivity index (χ3n) is 6.17. The number of likely N-dealkylation sites (tertiary alicyclic amines) is 1. The van der Waals surface area contributed by atoms with Crippen molar-refractivity contribution in [3.63, 3.8) is 0 Å². The van der Waals surface area contributed by atoms with Crippen molar-refractivity contribution in [2.75, 3.05) is 38.6 Å². The SMILES string of the molecule is COc1ccc(S(=O)(=O)N2CCCCC2)cc1C(=O)Nc1ccccc1C(=O)N1CCCC1. The lowest BCUT2D eigenvalue weighted by molar-refractivity contribution is 0.0794. The van der Waals surface area contributed by atoms with Crippen LogP contribution in [0.4, 0.5) is 5.69 Å². The molecule has 0 bridgehead atoms. The summed E-state index contributed by atoms with van der Waals surface area (Å²) in [4.78, 5) is 28.0. The van der Waals surface area contributed by atoms with Crippen LogP contribution in [0.2, 0.25) is 0 Å². The third kappa shape index (κ3) is 4.89. The van der Waals surface area contributed by atoms with E-state index in [1.807, 2.05) is 0 Å². The highest BCUT2D eigenvalue weighted by atomic mass is 32.2. The first-order valence-corrected chi connectivity index (χ1v) is 12.7. The molecular formula is C24H29N3O5S. The molecule has 176 valence electrons. The number of carbonyl (C=O) groups is 2. The van der Waals surface area contributed by atoms with E-state index < -0.39 is 15.9 Å². The van der Waals surface area contributed by atoms with Crippen LogP contribution in [0.25, 0.3) is 0 Å². The fourth-order valence-electron chi connectivity index (χ4n) is 4.34. The summed E-state index contributed by atoms with van der Waals surface area (Å²) in [5, 5.41) is 2.79. The average Bonchev–Trinajstić information content (AvgIpc) is 3.39. The standard InChI is InChI=1S/C24H29N3O5S/c1-32-22-12-11-18(33(30,31)27-15-5-2-6-16-27)17-20(22)23(28)25-21-10-4-3-9-19(21)24(29)26-13-7-8-14-26/h3-4,9-12,17H,2,5-8,13-16H2,1H3,(H,25,28). The Morgan fingerprint density at radius 3 is 2.24 bits per heavy atom. The zero-order valence-corrected chi connectivity index (χ0v) is 19.6. The van der Waals surface area contributed by atoms with Crippen LogP contribution >= 0.6 is 0 Å². The normalized spacial score (nSPS) is 17.1. The van der Waals surface area contributed by atoms with Gasteiger partial charge in [-0.1, -0.05) is 18.6 Å². The molecule has 0 atom stereocenters. The van der Waals surface area contributed by atoms with Crippen molar-refractivity contribution in [3.05, 3.63) is 53.6 Å². The number of amides is 2. The van der Waals surface area contributed by atoms with Crippen LogP contribution in [-0.2, 0) is 10.0 Å². The number of anilines is 1. The van der Waals surface area contributed by atoms with E-state index in [2.05, 4.69) is 5.32 Å². The summed E-state index contributed by atoms with van der Waals surface area (Å²) in [7, 11) is -2.29. The van der Waals surface area contributed by atoms with Crippen molar-refractivity contribution in [2.24, 2.45) is 0 Å². The van der Waals surface area contributed by atoms with Gasteiger partial charge in [-0.25, -0.2) is 8.42 Å². The van der Waals surface area contributed by atoms with E-state index in [-0.39, 0.29) is 22.1 Å². The van der Waals surface area contributed by atoms with Crippen LogP contribution in [0.15, 0.2) is 47.4 Å². The monoisotopic (exact) mass is 471 g/mol. The lowest BCUT2D eigenvalue weighted by Gasteiger charge is -2.26. The van der Waals surface area contributed by atoms with Gasteiger partial charge in [-0.05, 0) is 56.0 Å². The summed E-state index contributed by atoms with van der Waals surface area (Å²) in [6.45, 7) is 2.35. The van der Waals surface area contributed by atoms with Crippen LogP contribution in [0, 0.1) is 0 Å². The Balaban J connectivity index is 1.62. The smallest absolute Gasteiger partial charge is 0.259 e. The average molecular weight is 472 g/mol. The highest BCUT2D eigenvalue weighted by molar-refractivity contribution is 7.89. The van der Waals surface area contributed by atoms with E-state index in [9.17, 15) is 18.0 Å². The van der Waals surface area contributed by atoms with Gasteiger partial charge >= 0.3 is 0 Å². The lowest BCUT2D eigenvalue weighted by atomic mass is 10.1. The minimum atomic E-state index is -3.71. The summed E-state index contributed by atoms with van der Waals surface area (Å²) >= 11 is 0. The van der Waals surface area contributed by atoms with E-state index in [1.54, 1.807) is 29.2 Å². The van der Waals surface area contributed by atoms with E-state index in [0.717, 1.165) is 32.1 Å². The van der Waals surface area contributed by atoms with Gasteiger partial charge in [0, 0.05) is 26.2 Å². The number of sulfonamides is 1. The Labute approximate surface area is 194 Å². The molecule has 8 nitrogen and oxygen atoms in total. The summed E-state index contributed by atoms with van der Waals surface area (Å²) in [5.41, 5.74) is 0.883. The molecule has 2 aromatic carbocycles. The summed E-state index contributed by atoms with van der Waals surface area (Å²) in [6, 6.07) is 11.2. The number of ether oxygens (including phenoxy) is 1. The van der Waals surface area contributed by atoms with Crippen LogP contribution in [0.1, 0.15) is 52.8 Å². The molecule has 9 heteroatoms. The van der Waals surface area contributed by atoms with Gasteiger partial charge in [0.2, 0.25) is 10.0 Å². The zero-order valence-electron chi connectivity index (χ0n) is 18.7. The third-order valence-corrected chi connectivity index (χ3v) is 8.06. The van der Waals surface area contributed by atoms with Crippen LogP contribution in [0.3, 0.4) is 0 Å². The van der Waals surface area contributed by atoms with Gasteiger partial charge in [0.05, 0.1) is 28.8 Å². The molecule has 0 spiro atoms. The van der Waals surface area contributed by atoms with Gasteiger partial charge in [0.15, 0.2) is 0 Å². The van der Waals surface area contributed by atoms with E-state index in [0.29, 0.717) is 37.4 Å². The Morgan fingerprint density at radius 1 is 0.879 bits per heavy atom. The maximum absolute atomic E-state index is 13.2. The highest BCUT2D eigenvalue weighted by Gasteiger charge is 2.28. The molecule has 2 heterocycles. The fourth-order valence-corrected chi connectivity index (χ4v) is 5.88. The Hall–Kier alpha value is -2.91. The van der Waals surface area contributed by atoms with E-state index in [1.165, 1.54) is 29.6 Å². The van der Waals surface area contributed by atoms with Gasteiger partial charge in [-0.2, -0.15) is 4.31 Å². The number of nitrogens with one attached hydrogen (secondary N) is 1. The number of methoxy groups -OCH3 is 1. The van der Waals surface area contributed by atoms with Crippen molar-refractivity contribution >= 4 is 27.5 Å². The molecule has 2 aliphatic heterocycles. The van der Waals surface area contributed by atoms with E-state index >= 15 is 0 Å². The number of hydrogen-bond acceptors (Lipinski definition) is 5. The van der Waals surface area contributed by atoms with Crippen molar-refractivity contribution in [1.82, 2.24) is 9.21 Å². The minimum Gasteiger partial charge on any atom is -0.496 e. The number of piperidine rings is 1. The number of nitrogens with zero attached hydrogens (tertiary/aromatic N) is 2. The summed E-state index contributed by atoms with van der Waals surface area (Å²) < 4.78 is 33.0. The van der Waals surface area contributed by atoms with Crippen LogP contribution in [0.5, 0.6) is 5.75 Å². The summed E-state index contributed by atoms with van der Waals surface area (Å²) in [6.07, 6.45) is 4.60. The molecule has 0 radical (unpaired) electrons. The van der Waals surface area contributed by atoms with Crippen molar-refractivity contribution in [2.45, 2.75) is 37.0 Å². The van der Waals surface area contributed by atoms with E-state index in [4.69, 9.17) is 4.74 Å². The quantitative estimate of drug-likeness (QED) is 0.697. The number of rotatable bonds is 6. The molecule has 33 heavy (non-hydrogen) atoms. The Morgan fingerprint density at radius 2 is 1.55 bits per heavy atom. The maximum atomic E-state index is 13.2. The van der Waals surface area contributed by atoms with Gasteiger partial charge in [-0.15, -0.1) is 0 Å². The van der Waals surface area contributed by atoms with Gasteiger partial charge in [0.1, 0.15) is 5.75 Å². The molecule has 0 aliphatic carbocycles. The van der Waals surface area contributed by atoms with Gasteiger partial charge in [0.25, 0.3) is 11.8 Å². The molecule has 0 saturated carbocycles.